The van der Waals surface area contributed by atoms with E-state index < -0.39 is 17.9 Å². The van der Waals surface area contributed by atoms with Crippen LogP contribution in [0.25, 0.3) is 11.1 Å². The Morgan fingerprint density at radius 1 is 1.04 bits per heavy atom. The minimum absolute atomic E-state index is 0.218. The number of anilines is 3. The summed E-state index contributed by atoms with van der Waals surface area (Å²) in [4.78, 5) is 23.0. The van der Waals surface area contributed by atoms with Crippen molar-refractivity contribution in [2.24, 2.45) is 0 Å². The summed E-state index contributed by atoms with van der Waals surface area (Å²) in [6.45, 7) is 0. The van der Waals surface area contributed by atoms with Crippen molar-refractivity contribution in [3.8, 4) is 11.1 Å². The SMILES string of the molecule is CNC(=O)Nc1cc(Nc2nccc(C(F)(F)F)n2)cc(-c2cccnc2)c1. The van der Waals surface area contributed by atoms with Gasteiger partial charge >= 0.3 is 12.2 Å². The fraction of sp³-hybridized carbons (Fsp3) is 0.111. The number of nitrogens with zero attached hydrogens (tertiary/aromatic N) is 3. The van der Waals surface area contributed by atoms with E-state index in [0.717, 1.165) is 17.8 Å². The summed E-state index contributed by atoms with van der Waals surface area (Å²) in [5.74, 6) is -0.218. The monoisotopic (exact) mass is 388 g/mol. The number of carbonyl (C=O) groups is 1. The van der Waals surface area contributed by atoms with Crippen LogP contribution >= 0.6 is 0 Å². The molecule has 0 radical (unpaired) electrons. The summed E-state index contributed by atoms with van der Waals surface area (Å²) in [6.07, 6.45) is -0.314. The highest BCUT2D eigenvalue weighted by Crippen LogP contribution is 2.30. The molecular weight excluding hydrogens is 373 g/mol. The predicted molar refractivity (Wildman–Crippen MR) is 98.1 cm³/mol. The van der Waals surface area contributed by atoms with Gasteiger partial charge in [0.25, 0.3) is 0 Å². The van der Waals surface area contributed by atoms with Crippen LogP contribution in [-0.2, 0) is 6.18 Å². The largest absolute Gasteiger partial charge is 0.433 e. The number of rotatable bonds is 4. The second kappa shape index (κ2) is 7.91. The number of hydrogen-bond donors (Lipinski definition) is 3. The van der Waals surface area contributed by atoms with Gasteiger partial charge in [-0.25, -0.2) is 14.8 Å². The number of amides is 2. The lowest BCUT2D eigenvalue weighted by molar-refractivity contribution is -0.141. The first kappa shape index (κ1) is 19.1. The van der Waals surface area contributed by atoms with Gasteiger partial charge in [0.05, 0.1) is 0 Å². The van der Waals surface area contributed by atoms with Crippen molar-refractivity contribution in [3.63, 3.8) is 0 Å². The molecule has 2 heterocycles. The molecule has 0 aliphatic heterocycles. The van der Waals surface area contributed by atoms with E-state index in [4.69, 9.17) is 0 Å². The molecule has 0 spiro atoms. The molecule has 3 rings (SSSR count). The van der Waals surface area contributed by atoms with Crippen molar-refractivity contribution in [1.29, 1.82) is 0 Å². The number of aromatic nitrogens is 3. The Hall–Kier alpha value is -3.69. The second-order valence-corrected chi connectivity index (χ2v) is 5.63. The van der Waals surface area contributed by atoms with Crippen LogP contribution in [0.2, 0.25) is 0 Å². The average Bonchev–Trinajstić information content (AvgIpc) is 2.68. The summed E-state index contributed by atoms with van der Waals surface area (Å²) in [5, 5.41) is 7.81. The van der Waals surface area contributed by atoms with Crippen LogP contribution in [0, 0.1) is 0 Å². The fourth-order valence-corrected chi connectivity index (χ4v) is 2.37. The second-order valence-electron chi connectivity index (χ2n) is 5.63. The molecule has 2 aromatic heterocycles. The van der Waals surface area contributed by atoms with E-state index in [9.17, 15) is 18.0 Å². The van der Waals surface area contributed by atoms with E-state index in [0.29, 0.717) is 16.9 Å². The summed E-state index contributed by atoms with van der Waals surface area (Å²) in [6, 6.07) is 8.87. The third-order valence-corrected chi connectivity index (χ3v) is 3.61. The van der Waals surface area contributed by atoms with E-state index in [1.165, 1.54) is 7.05 Å². The third-order valence-electron chi connectivity index (χ3n) is 3.61. The number of hydrogen-bond acceptors (Lipinski definition) is 5. The number of halogens is 3. The zero-order chi connectivity index (χ0) is 20.1. The van der Waals surface area contributed by atoms with Crippen LogP contribution in [0.15, 0.2) is 55.0 Å². The lowest BCUT2D eigenvalue weighted by Gasteiger charge is -2.13. The first-order valence-corrected chi connectivity index (χ1v) is 8.06. The molecule has 7 nitrogen and oxygen atoms in total. The van der Waals surface area contributed by atoms with Gasteiger partial charge in [-0.3, -0.25) is 4.98 Å². The highest BCUT2D eigenvalue weighted by molar-refractivity contribution is 5.91. The Bertz CT molecular complexity index is 979. The molecule has 10 heteroatoms. The van der Waals surface area contributed by atoms with Crippen LogP contribution in [0.4, 0.5) is 35.3 Å². The van der Waals surface area contributed by atoms with Crippen LogP contribution in [0.1, 0.15) is 5.69 Å². The number of alkyl halides is 3. The van der Waals surface area contributed by atoms with E-state index in [2.05, 4.69) is 30.9 Å². The molecule has 0 bridgehead atoms. The first-order chi connectivity index (χ1) is 13.3. The van der Waals surface area contributed by atoms with E-state index >= 15 is 0 Å². The van der Waals surface area contributed by atoms with Gasteiger partial charge in [0.15, 0.2) is 0 Å². The van der Waals surface area contributed by atoms with E-state index in [-0.39, 0.29) is 5.95 Å². The molecule has 3 N–H and O–H groups in total. The minimum atomic E-state index is -4.58. The van der Waals surface area contributed by atoms with E-state index in [1.54, 1.807) is 36.7 Å². The quantitative estimate of drug-likeness (QED) is 0.627. The van der Waals surface area contributed by atoms with Gasteiger partial charge in [-0.2, -0.15) is 13.2 Å². The van der Waals surface area contributed by atoms with Gasteiger partial charge in [0, 0.05) is 42.6 Å². The van der Waals surface area contributed by atoms with Gasteiger partial charge in [0.2, 0.25) is 5.95 Å². The van der Waals surface area contributed by atoms with Crippen molar-refractivity contribution in [2.75, 3.05) is 17.7 Å². The minimum Gasteiger partial charge on any atom is -0.341 e. The number of nitrogens with one attached hydrogen (secondary N) is 3. The summed E-state index contributed by atoms with van der Waals surface area (Å²) >= 11 is 0. The summed E-state index contributed by atoms with van der Waals surface area (Å²) < 4.78 is 38.6. The van der Waals surface area contributed by atoms with Crippen molar-refractivity contribution >= 4 is 23.4 Å². The Labute approximate surface area is 158 Å². The average molecular weight is 388 g/mol. The molecule has 0 fully saturated rings. The topological polar surface area (TPSA) is 91.8 Å². The maximum atomic E-state index is 12.9. The third kappa shape index (κ3) is 4.72. The number of urea groups is 1. The highest BCUT2D eigenvalue weighted by atomic mass is 19.4. The standard InChI is InChI=1S/C18H15F3N6O/c1-22-17(28)26-14-8-12(11-3-2-5-23-10-11)7-13(9-14)25-16-24-6-4-15(27-16)18(19,20)21/h2-10H,1H3,(H2,22,26,28)(H,24,25,27). The molecule has 3 aromatic rings. The van der Waals surface area contributed by atoms with Crippen LogP contribution < -0.4 is 16.0 Å². The zero-order valence-electron chi connectivity index (χ0n) is 14.6. The maximum Gasteiger partial charge on any atom is 0.433 e. The predicted octanol–water partition coefficient (Wildman–Crippen LogP) is 4.05. The van der Waals surface area contributed by atoms with Crippen LogP contribution in [0.5, 0.6) is 0 Å². The van der Waals surface area contributed by atoms with Crippen LogP contribution in [0.3, 0.4) is 0 Å². The molecule has 2 amide bonds. The smallest absolute Gasteiger partial charge is 0.341 e. The Kier molecular flexibility index (Phi) is 5.39. The van der Waals surface area contributed by atoms with Crippen molar-refractivity contribution in [1.82, 2.24) is 20.3 Å². The van der Waals surface area contributed by atoms with Crippen molar-refractivity contribution < 1.29 is 18.0 Å². The molecular formula is C18H15F3N6O. The number of pyridine rings is 1. The molecule has 1 aromatic carbocycles. The molecule has 0 saturated carbocycles. The zero-order valence-corrected chi connectivity index (χ0v) is 14.6. The Morgan fingerprint density at radius 2 is 1.82 bits per heavy atom. The number of carbonyl (C=O) groups excluding carboxylic acids is 1. The first-order valence-electron chi connectivity index (χ1n) is 8.06. The van der Waals surface area contributed by atoms with Gasteiger partial charge in [-0.15, -0.1) is 0 Å². The van der Waals surface area contributed by atoms with Crippen LogP contribution in [-0.4, -0.2) is 28.0 Å². The maximum absolute atomic E-state index is 12.9. The molecule has 0 atom stereocenters. The lowest BCUT2D eigenvalue weighted by Crippen LogP contribution is -2.24. The highest BCUT2D eigenvalue weighted by Gasteiger charge is 2.32. The fourth-order valence-electron chi connectivity index (χ4n) is 2.37. The molecule has 144 valence electrons. The lowest BCUT2D eigenvalue weighted by atomic mass is 10.1. The van der Waals surface area contributed by atoms with Gasteiger partial charge in [-0.05, 0) is 35.9 Å². The van der Waals surface area contributed by atoms with Gasteiger partial charge < -0.3 is 16.0 Å². The normalized spacial score (nSPS) is 11.0. The summed E-state index contributed by atoms with van der Waals surface area (Å²) in [5.41, 5.74) is 1.21. The molecule has 28 heavy (non-hydrogen) atoms. The number of benzene rings is 1. The molecule has 0 saturated heterocycles. The van der Waals surface area contributed by atoms with E-state index in [1.807, 2.05) is 6.07 Å². The van der Waals surface area contributed by atoms with Crippen molar-refractivity contribution in [3.05, 3.63) is 60.7 Å². The Morgan fingerprint density at radius 3 is 2.50 bits per heavy atom. The molecule has 0 aliphatic carbocycles. The Balaban J connectivity index is 1.98. The van der Waals surface area contributed by atoms with Crippen molar-refractivity contribution in [2.45, 2.75) is 6.18 Å². The molecule has 0 unspecified atom stereocenters. The van der Waals surface area contributed by atoms with Gasteiger partial charge in [-0.1, -0.05) is 6.07 Å². The molecule has 0 aliphatic rings. The summed E-state index contributed by atoms with van der Waals surface area (Å²) in [7, 11) is 1.47. The van der Waals surface area contributed by atoms with Gasteiger partial charge in [0.1, 0.15) is 5.69 Å².